The molecule has 0 N–H and O–H groups in total. The summed E-state index contributed by atoms with van der Waals surface area (Å²) in [5.74, 6) is -1.36. The van der Waals surface area contributed by atoms with Gasteiger partial charge in [0.05, 0.1) is 0 Å². The fourth-order valence-corrected chi connectivity index (χ4v) is 3.19. The van der Waals surface area contributed by atoms with Gasteiger partial charge in [0.2, 0.25) is 0 Å². The number of hydrogen-bond donors (Lipinski definition) is 0. The van der Waals surface area contributed by atoms with Gasteiger partial charge < -0.3 is 19.3 Å². The molecule has 30 heavy (non-hydrogen) atoms. The molecule has 0 aliphatic heterocycles. The molecule has 0 aliphatic carbocycles. The van der Waals surface area contributed by atoms with E-state index < -0.39 is 17.3 Å². The molecule has 0 radical (unpaired) electrons. The van der Waals surface area contributed by atoms with E-state index in [0.717, 1.165) is 11.4 Å². The van der Waals surface area contributed by atoms with Gasteiger partial charge in [-0.3, -0.25) is 0 Å². The van der Waals surface area contributed by atoms with Crippen molar-refractivity contribution in [3.8, 4) is 22.8 Å². The standard InChI is InChI=1S/C21H18F2N6.Pt/c1-21(2,17-9-5-7-13(24-17)15-11-19(22)26-28(15)3)18-10-6-8-14(25-18)16-12-20(23)27-29(16)4;/h5-10H,1-4H3;/q-2;+2. The average Bonchev–Trinajstić information content (AvgIpc) is 3.22. The first-order valence-electron chi connectivity index (χ1n) is 8.95. The van der Waals surface area contributed by atoms with Gasteiger partial charge in [-0.2, -0.15) is 22.3 Å². The van der Waals surface area contributed by atoms with Crippen LogP contribution in [0.15, 0.2) is 36.4 Å². The van der Waals surface area contributed by atoms with Gasteiger partial charge >= 0.3 is 21.1 Å². The minimum absolute atomic E-state index is 0. The third-order valence-electron chi connectivity index (χ3n) is 4.83. The maximum absolute atomic E-state index is 13.5. The van der Waals surface area contributed by atoms with Crippen LogP contribution in [0.4, 0.5) is 8.78 Å². The van der Waals surface area contributed by atoms with Crippen molar-refractivity contribution < 1.29 is 29.8 Å². The molecule has 6 nitrogen and oxygen atoms in total. The van der Waals surface area contributed by atoms with Crippen LogP contribution in [-0.4, -0.2) is 29.5 Å². The molecule has 9 heteroatoms. The van der Waals surface area contributed by atoms with Crippen molar-refractivity contribution in [2.24, 2.45) is 14.1 Å². The number of nitrogens with zero attached hydrogens (tertiary/aromatic N) is 6. The van der Waals surface area contributed by atoms with Crippen LogP contribution in [0.1, 0.15) is 25.2 Å². The molecule has 0 atom stereocenters. The quantitative estimate of drug-likeness (QED) is 0.344. The van der Waals surface area contributed by atoms with Crippen molar-refractivity contribution >= 4 is 0 Å². The minimum atomic E-state index is -0.678. The summed E-state index contributed by atoms with van der Waals surface area (Å²) in [6, 6.07) is 16.2. The van der Waals surface area contributed by atoms with Crippen LogP contribution < -0.4 is 0 Å². The van der Waals surface area contributed by atoms with Crippen LogP contribution >= 0.6 is 0 Å². The predicted octanol–water partition coefficient (Wildman–Crippen LogP) is 3.48. The Balaban J connectivity index is 0.00000256. The van der Waals surface area contributed by atoms with Crippen LogP contribution in [0.3, 0.4) is 0 Å². The summed E-state index contributed by atoms with van der Waals surface area (Å²) >= 11 is 0. The largest absolute Gasteiger partial charge is 2.00 e. The molecular formula is C21H18F2N6Pt. The van der Waals surface area contributed by atoms with E-state index >= 15 is 0 Å². The summed E-state index contributed by atoms with van der Waals surface area (Å²) in [6.07, 6.45) is 0. The maximum atomic E-state index is 13.5. The van der Waals surface area contributed by atoms with Gasteiger partial charge in [0.1, 0.15) is 11.9 Å². The Bertz CT molecular complexity index is 1110. The number of rotatable bonds is 4. The molecule has 0 unspecified atom stereocenters. The Kier molecular flexibility index (Phi) is 5.99. The second kappa shape index (κ2) is 8.18. The zero-order chi connectivity index (χ0) is 20.8. The van der Waals surface area contributed by atoms with Gasteiger partial charge in [0.15, 0.2) is 0 Å². The topological polar surface area (TPSA) is 61.4 Å². The van der Waals surface area contributed by atoms with E-state index in [4.69, 9.17) is 9.97 Å². The second-order valence-electron chi connectivity index (χ2n) is 7.22. The first kappa shape index (κ1) is 22.0. The summed E-state index contributed by atoms with van der Waals surface area (Å²) in [5.41, 5.74) is 2.97. The molecule has 0 saturated heterocycles. The maximum Gasteiger partial charge on any atom is 2.00 e. The van der Waals surface area contributed by atoms with E-state index in [-0.39, 0.29) is 21.1 Å². The predicted molar refractivity (Wildman–Crippen MR) is 103 cm³/mol. The van der Waals surface area contributed by atoms with Gasteiger partial charge in [-0.15, -0.1) is 12.1 Å². The van der Waals surface area contributed by atoms with Crippen molar-refractivity contribution in [2.75, 3.05) is 0 Å². The molecule has 4 heterocycles. The zero-order valence-electron chi connectivity index (χ0n) is 16.7. The minimum Gasteiger partial charge on any atom is -0.345 e. The Morgan fingerprint density at radius 3 is 1.50 bits per heavy atom. The third-order valence-corrected chi connectivity index (χ3v) is 4.83. The molecule has 0 fully saturated rings. The number of halogens is 2. The van der Waals surface area contributed by atoms with Gasteiger partial charge in [-0.05, 0) is 26.0 Å². The first-order valence-corrected chi connectivity index (χ1v) is 8.95. The van der Waals surface area contributed by atoms with Crippen molar-refractivity contribution in [3.63, 3.8) is 0 Å². The Morgan fingerprint density at radius 1 is 0.767 bits per heavy atom. The number of hydrogen-bond acceptors (Lipinski definition) is 4. The molecule has 4 aromatic rings. The summed E-state index contributed by atoms with van der Waals surface area (Å²) in [6.45, 7) is 3.98. The molecule has 4 aromatic heterocycles. The summed E-state index contributed by atoms with van der Waals surface area (Å²) in [5, 5.41) is 7.39. The fraction of sp³-hybridized carbons (Fsp3) is 0.238. The smallest absolute Gasteiger partial charge is 0.345 e. The van der Waals surface area contributed by atoms with E-state index in [2.05, 4.69) is 22.3 Å². The van der Waals surface area contributed by atoms with E-state index in [9.17, 15) is 8.78 Å². The number of aromatic nitrogens is 6. The van der Waals surface area contributed by atoms with Crippen molar-refractivity contribution in [2.45, 2.75) is 19.3 Å². The van der Waals surface area contributed by atoms with Crippen LogP contribution in [0, 0.1) is 24.0 Å². The molecule has 0 aliphatic rings. The second-order valence-corrected chi connectivity index (χ2v) is 7.22. The summed E-state index contributed by atoms with van der Waals surface area (Å²) in [4.78, 5) is 9.41. The average molecular weight is 587 g/mol. The Hall–Kier alpha value is -2.73. The molecule has 156 valence electrons. The third kappa shape index (κ3) is 3.96. The van der Waals surface area contributed by atoms with Gasteiger partial charge in [0.25, 0.3) is 0 Å². The molecular weight excluding hydrogens is 569 g/mol. The molecule has 0 bridgehead atoms. The molecule has 0 saturated carbocycles. The SMILES string of the molecule is Cn1nc(F)[c-]c1-c1cccc(C(C)(C)c2cccc(-c3[c-]c(F)nn3C)n2)n1.[Pt+2]. The first-order chi connectivity index (χ1) is 13.8. The van der Waals surface area contributed by atoms with Crippen LogP contribution in [0.25, 0.3) is 22.8 Å². The van der Waals surface area contributed by atoms with Crippen molar-refractivity contribution in [1.82, 2.24) is 29.5 Å². The van der Waals surface area contributed by atoms with E-state index in [1.807, 2.05) is 38.1 Å². The summed E-state index contributed by atoms with van der Waals surface area (Å²) in [7, 11) is 3.28. The van der Waals surface area contributed by atoms with Crippen LogP contribution in [-0.2, 0) is 40.6 Å². The molecule has 0 spiro atoms. The number of aryl methyl sites for hydroxylation is 2. The van der Waals surface area contributed by atoms with Crippen molar-refractivity contribution in [3.05, 3.63) is 71.8 Å². The molecule has 0 amide bonds. The Labute approximate surface area is 187 Å². The van der Waals surface area contributed by atoms with E-state index in [0.29, 0.717) is 22.8 Å². The van der Waals surface area contributed by atoms with E-state index in [1.54, 1.807) is 26.2 Å². The van der Waals surface area contributed by atoms with Crippen molar-refractivity contribution in [1.29, 1.82) is 0 Å². The van der Waals surface area contributed by atoms with Gasteiger partial charge in [0, 0.05) is 30.9 Å². The fourth-order valence-electron chi connectivity index (χ4n) is 3.19. The normalized spacial score (nSPS) is 11.4. The van der Waals surface area contributed by atoms with Crippen LogP contribution in [0.2, 0.25) is 0 Å². The van der Waals surface area contributed by atoms with Gasteiger partial charge in [-0.25, -0.2) is 8.78 Å². The molecule has 0 aromatic carbocycles. The van der Waals surface area contributed by atoms with Gasteiger partial charge in [-0.1, -0.05) is 34.9 Å². The van der Waals surface area contributed by atoms with E-state index in [1.165, 1.54) is 9.36 Å². The zero-order valence-corrected chi connectivity index (χ0v) is 19.0. The number of pyridine rings is 2. The van der Waals surface area contributed by atoms with Crippen LogP contribution in [0.5, 0.6) is 0 Å². The Morgan fingerprint density at radius 2 is 1.17 bits per heavy atom. The molecule has 4 rings (SSSR count). The monoisotopic (exact) mass is 587 g/mol. The summed E-state index contributed by atoms with van der Waals surface area (Å²) < 4.78 is 29.7.